The fraction of sp³-hybridized carbons (Fsp3) is 0.400. The van der Waals surface area contributed by atoms with Crippen molar-refractivity contribution in [1.82, 2.24) is 19.9 Å². The Labute approximate surface area is 134 Å². The van der Waals surface area contributed by atoms with Gasteiger partial charge in [-0.25, -0.2) is 4.98 Å². The van der Waals surface area contributed by atoms with Crippen LogP contribution in [0.25, 0.3) is 11.2 Å². The molecule has 2 unspecified atom stereocenters. The molecule has 8 nitrogen and oxygen atoms in total. The standard InChI is InChI=1S/C15H22N8/c1-9(6-20-18)12-8-21-23-14(17)4-13(22-15(12)23)10-2-3-11(5-16)19-7-10/h4,6,8,10-11,19H,1-3,5,7,16-18H2/b20-6-. The Morgan fingerprint density at radius 2 is 2.35 bits per heavy atom. The smallest absolute Gasteiger partial charge is 0.165 e. The Balaban J connectivity index is 1.96. The van der Waals surface area contributed by atoms with Crippen molar-refractivity contribution < 1.29 is 0 Å². The maximum absolute atomic E-state index is 6.14. The maximum Gasteiger partial charge on any atom is 0.165 e. The van der Waals surface area contributed by atoms with Gasteiger partial charge in [-0.1, -0.05) is 6.58 Å². The summed E-state index contributed by atoms with van der Waals surface area (Å²) in [6.45, 7) is 5.45. The van der Waals surface area contributed by atoms with E-state index in [0.717, 1.165) is 30.6 Å². The number of fused-ring (bicyclic) bond motifs is 1. The number of nitrogen functional groups attached to an aromatic ring is 1. The van der Waals surface area contributed by atoms with Crippen molar-refractivity contribution in [3.8, 4) is 0 Å². The van der Waals surface area contributed by atoms with Crippen molar-refractivity contribution in [3.05, 3.63) is 30.1 Å². The van der Waals surface area contributed by atoms with Crippen LogP contribution < -0.4 is 22.6 Å². The van der Waals surface area contributed by atoms with Crippen LogP contribution in [-0.4, -0.2) is 39.9 Å². The van der Waals surface area contributed by atoms with Crippen LogP contribution in [-0.2, 0) is 0 Å². The van der Waals surface area contributed by atoms with Crippen LogP contribution in [0.1, 0.15) is 30.0 Å². The first-order valence-electron chi connectivity index (χ1n) is 7.64. The summed E-state index contributed by atoms with van der Waals surface area (Å²) in [5.74, 6) is 6.06. The quantitative estimate of drug-likeness (QED) is 0.358. The topological polar surface area (TPSA) is 133 Å². The second-order valence-electron chi connectivity index (χ2n) is 5.82. The monoisotopic (exact) mass is 314 g/mol. The molecule has 1 aliphatic rings. The van der Waals surface area contributed by atoms with Crippen LogP contribution >= 0.6 is 0 Å². The number of piperidine rings is 1. The number of nitrogens with one attached hydrogen (secondary N) is 1. The normalized spacial score (nSPS) is 22.0. The molecule has 7 N–H and O–H groups in total. The fourth-order valence-corrected chi connectivity index (χ4v) is 2.97. The lowest BCUT2D eigenvalue weighted by Crippen LogP contribution is -2.42. The number of nitrogens with zero attached hydrogens (tertiary/aromatic N) is 4. The molecular weight excluding hydrogens is 292 g/mol. The van der Waals surface area contributed by atoms with Crippen LogP contribution in [0, 0.1) is 0 Å². The summed E-state index contributed by atoms with van der Waals surface area (Å²) in [7, 11) is 0. The van der Waals surface area contributed by atoms with Crippen LogP contribution in [0.2, 0.25) is 0 Å². The van der Waals surface area contributed by atoms with Gasteiger partial charge in [0.25, 0.3) is 0 Å². The molecule has 3 heterocycles. The van der Waals surface area contributed by atoms with Crippen LogP contribution in [0.3, 0.4) is 0 Å². The molecule has 0 radical (unpaired) electrons. The van der Waals surface area contributed by atoms with Gasteiger partial charge in [-0.3, -0.25) is 0 Å². The molecule has 1 fully saturated rings. The number of anilines is 1. The Morgan fingerprint density at radius 3 is 3.00 bits per heavy atom. The van der Waals surface area contributed by atoms with Crippen molar-refractivity contribution in [2.24, 2.45) is 16.7 Å². The van der Waals surface area contributed by atoms with Crippen LogP contribution in [0.5, 0.6) is 0 Å². The summed E-state index contributed by atoms with van der Waals surface area (Å²) < 4.78 is 1.60. The molecular formula is C15H22N8. The second-order valence-corrected chi connectivity index (χ2v) is 5.82. The SMILES string of the molecule is C=C(/C=N\N)c1cnn2c(N)cc(C3CCC(CN)NC3)nc12. The van der Waals surface area contributed by atoms with E-state index < -0.39 is 0 Å². The minimum Gasteiger partial charge on any atom is -0.384 e. The van der Waals surface area contributed by atoms with Gasteiger partial charge in [-0.05, 0) is 18.4 Å². The lowest BCUT2D eigenvalue weighted by atomic mass is 9.92. The number of nitrogens with two attached hydrogens (primary N) is 3. The summed E-state index contributed by atoms with van der Waals surface area (Å²) in [5.41, 5.74) is 14.9. The largest absolute Gasteiger partial charge is 0.384 e. The van der Waals surface area contributed by atoms with Gasteiger partial charge >= 0.3 is 0 Å². The highest BCUT2D eigenvalue weighted by atomic mass is 15.3. The highest BCUT2D eigenvalue weighted by Crippen LogP contribution is 2.27. The molecule has 23 heavy (non-hydrogen) atoms. The van der Waals surface area contributed by atoms with Gasteiger partial charge in [0.2, 0.25) is 0 Å². The van der Waals surface area contributed by atoms with E-state index in [4.69, 9.17) is 22.3 Å². The second kappa shape index (κ2) is 6.35. The van der Waals surface area contributed by atoms with Gasteiger partial charge in [-0.15, -0.1) is 0 Å². The summed E-state index contributed by atoms with van der Waals surface area (Å²) in [5, 5.41) is 11.2. The van der Waals surface area contributed by atoms with Gasteiger partial charge in [0.05, 0.1) is 18.1 Å². The molecule has 122 valence electrons. The molecule has 8 heteroatoms. The van der Waals surface area contributed by atoms with E-state index in [1.54, 1.807) is 10.7 Å². The van der Waals surface area contributed by atoms with Crippen molar-refractivity contribution in [3.63, 3.8) is 0 Å². The number of aromatic nitrogens is 3. The van der Waals surface area contributed by atoms with Gasteiger partial charge in [-0.2, -0.15) is 14.7 Å². The average Bonchev–Trinajstić information content (AvgIpc) is 3.00. The lowest BCUT2D eigenvalue weighted by Gasteiger charge is -2.28. The molecule has 0 amide bonds. The highest BCUT2D eigenvalue weighted by molar-refractivity contribution is 6.10. The predicted octanol–water partition coefficient (Wildman–Crippen LogP) is 0.0635. The molecule has 3 rings (SSSR count). The fourth-order valence-electron chi connectivity index (χ4n) is 2.97. The summed E-state index contributed by atoms with van der Waals surface area (Å²) >= 11 is 0. The van der Waals surface area contributed by atoms with Gasteiger partial charge in [0.1, 0.15) is 5.82 Å². The molecule has 0 bridgehead atoms. The van der Waals surface area contributed by atoms with Crippen LogP contribution in [0.4, 0.5) is 5.82 Å². The number of allylic oxidation sites excluding steroid dienone is 1. The third-order valence-corrected chi connectivity index (χ3v) is 4.31. The van der Waals surface area contributed by atoms with E-state index in [1.165, 1.54) is 6.21 Å². The summed E-state index contributed by atoms with van der Waals surface area (Å²) in [4.78, 5) is 4.76. The minimum atomic E-state index is 0.310. The Morgan fingerprint density at radius 1 is 1.52 bits per heavy atom. The van der Waals surface area contributed by atoms with Crippen molar-refractivity contribution in [2.45, 2.75) is 24.8 Å². The molecule has 2 atom stereocenters. The van der Waals surface area contributed by atoms with E-state index in [1.807, 2.05) is 6.07 Å². The van der Waals surface area contributed by atoms with Gasteiger partial charge < -0.3 is 22.6 Å². The Kier molecular flexibility index (Phi) is 4.26. The first-order valence-corrected chi connectivity index (χ1v) is 7.64. The zero-order valence-corrected chi connectivity index (χ0v) is 12.9. The molecule has 0 spiro atoms. The van der Waals surface area contributed by atoms with E-state index in [2.05, 4.69) is 22.1 Å². The molecule has 2 aromatic rings. The molecule has 0 aliphatic carbocycles. The first kappa shape index (κ1) is 15.4. The van der Waals surface area contributed by atoms with E-state index in [-0.39, 0.29) is 0 Å². The zero-order chi connectivity index (χ0) is 16.4. The van der Waals surface area contributed by atoms with Crippen molar-refractivity contribution in [1.29, 1.82) is 0 Å². The highest BCUT2D eigenvalue weighted by Gasteiger charge is 2.23. The maximum atomic E-state index is 6.14. The van der Waals surface area contributed by atoms with Gasteiger partial charge in [0, 0.05) is 36.7 Å². The predicted molar refractivity (Wildman–Crippen MR) is 91.9 cm³/mol. The average molecular weight is 314 g/mol. The first-order chi connectivity index (χ1) is 11.1. The van der Waals surface area contributed by atoms with Crippen molar-refractivity contribution >= 4 is 23.3 Å². The van der Waals surface area contributed by atoms with E-state index >= 15 is 0 Å². The van der Waals surface area contributed by atoms with Crippen LogP contribution in [0.15, 0.2) is 23.9 Å². The zero-order valence-electron chi connectivity index (χ0n) is 12.9. The Hall–Kier alpha value is -2.45. The number of hydrogen-bond acceptors (Lipinski definition) is 7. The Bertz CT molecular complexity index is 739. The lowest BCUT2D eigenvalue weighted by molar-refractivity contribution is 0.367. The number of rotatable bonds is 4. The number of hydrazone groups is 1. The summed E-state index contributed by atoms with van der Waals surface area (Å²) in [6.07, 6.45) is 5.23. The van der Waals surface area contributed by atoms with Gasteiger partial charge in [0.15, 0.2) is 5.65 Å². The molecule has 1 saturated heterocycles. The molecule has 1 aliphatic heterocycles. The third kappa shape index (κ3) is 2.90. The summed E-state index contributed by atoms with van der Waals surface area (Å²) in [6, 6.07) is 2.27. The molecule has 0 aromatic carbocycles. The third-order valence-electron chi connectivity index (χ3n) is 4.31. The van der Waals surface area contributed by atoms with E-state index in [0.29, 0.717) is 35.5 Å². The van der Waals surface area contributed by atoms with Crippen molar-refractivity contribution in [2.75, 3.05) is 18.8 Å². The minimum absolute atomic E-state index is 0.310. The molecule has 2 aromatic heterocycles. The number of hydrogen-bond donors (Lipinski definition) is 4. The van der Waals surface area contributed by atoms with E-state index in [9.17, 15) is 0 Å². The molecule has 0 saturated carbocycles.